The first kappa shape index (κ1) is 12.8. The highest BCUT2D eigenvalue weighted by atomic mass is 32.1. The molecule has 2 rings (SSSR count). The third kappa shape index (κ3) is 3.40. The van der Waals surface area contributed by atoms with Crippen molar-refractivity contribution in [2.75, 3.05) is 0 Å². The predicted molar refractivity (Wildman–Crippen MR) is 72.9 cm³/mol. The Bertz CT molecular complexity index is 531. The number of aryl methyl sites for hydroxylation is 2. The van der Waals surface area contributed by atoms with E-state index in [4.69, 9.17) is 5.11 Å². The number of thiazole rings is 1. The number of benzene rings is 1. The summed E-state index contributed by atoms with van der Waals surface area (Å²) in [6, 6.07) is 8.26. The molecule has 1 aromatic heterocycles. The molecule has 1 N–H and O–H groups in total. The molecule has 1 aromatic carbocycles. The number of aromatic nitrogens is 1. The van der Waals surface area contributed by atoms with E-state index in [9.17, 15) is 4.79 Å². The third-order valence-electron chi connectivity index (χ3n) is 2.68. The summed E-state index contributed by atoms with van der Waals surface area (Å²) < 4.78 is 0. The van der Waals surface area contributed by atoms with Crippen LogP contribution in [0.3, 0.4) is 0 Å². The van der Waals surface area contributed by atoms with Crippen LogP contribution in [0.4, 0.5) is 0 Å². The van der Waals surface area contributed by atoms with Gasteiger partial charge in [0.25, 0.3) is 0 Å². The minimum Gasteiger partial charge on any atom is -0.481 e. The number of carboxylic acids is 1. The fraction of sp³-hybridized carbons (Fsp3) is 0.286. The maximum atomic E-state index is 10.4. The van der Waals surface area contributed by atoms with Gasteiger partial charge in [-0.2, -0.15) is 0 Å². The fourth-order valence-electron chi connectivity index (χ4n) is 1.67. The second kappa shape index (κ2) is 5.78. The number of carboxylic acid groups (broad SMARTS) is 1. The first-order valence-corrected chi connectivity index (χ1v) is 6.76. The Morgan fingerprint density at radius 2 is 2.06 bits per heavy atom. The highest BCUT2D eigenvalue weighted by Gasteiger charge is 2.05. The topological polar surface area (TPSA) is 50.2 Å². The molecular formula is C14H15NO2S. The molecule has 2 aromatic rings. The Kier molecular flexibility index (Phi) is 4.10. The Labute approximate surface area is 110 Å². The highest BCUT2D eigenvalue weighted by molar-refractivity contribution is 7.09. The summed E-state index contributed by atoms with van der Waals surface area (Å²) in [5, 5.41) is 11.6. The molecule has 18 heavy (non-hydrogen) atoms. The SMILES string of the molecule is Cc1ccc(-c2csc(CCCC(=O)O)n2)cc1. The maximum Gasteiger partial charge on any atom is 0.303 e. The molecule has 0 spiro atoms. The van der Waals surface area contributed by atoms with Crippen molar-refractivity contribution < 1.29 is 9.90 Å². The number of hydrogen-bond donors (Lipinski definition) is 1. The Morgan fingerprint density at radius 1 is 1.33 bits per heavy atom. The van der Waals surface area contributed by atoms with Gasteiger partial charge in [0.2, 0.25) is 0 Å². The number of rotatable bonds is 5. The van der Waals surface area contributed by atoms with Gasteiger partial charge in [0, 0.05) is 17.4 Å². The van der Waals surface area contributed by atoms with Gasteiger partial charge < -0.3 is 5.11 Å². The number of carbonyl (C=O) groups is 1. The highest BCUT2D eigenvalue weighted by Crippen LogP contribution is 2.23. The van der Waals surface area contributed by atoms with Gasteiger partial charge >= 0.3 is 5.97 Å². The van der Waals surface area contributed by atoms with E-state index in [2.05, 4.69) is 36.2 Å². The summed E-state index contributed by atoms with van der Waals surface area (Å²) >= 11 is 1.60. The van der Waals surface area contributed by atoms with Crippen LogP contribution in [0, 0.1) is 6.92 Å². The standard InChI is InChI=1S/C14H15NO2S/c1-10-5-7-11(8-6-10)12-9-18-13(15-12)3-2-4-14(16)17/h5-9H,2-4H2,1H3,(H,16,17). The largest absolute Gasteiger partial charge is 0.481 e. The van der Waals surface area contributed by atoms with E-state index in [-0.39, 0.29) is 6.42 Å². The van der Waals surface area contributed by atoms with Gasteiger partial charge in [-0.3, -0.25) is 4.79 Å². The van der Waals surface area contributed by atoms with E-state index in [0.717, 1.165) is 22.7 Å². The van der Waals surface area contributed by atoms with Crippen LogP contribution in [0.15, 0.2) is 29.6 Å². The van der Waals surface area contributed by atoms with Gasteiger partial charge in [-0.15, -0.1) is 11.3 Å². The molecular weight excluding hydrogens is 246 g/mol. The average molecular weight is 261 g/mol. The van der Waals surface area contributed by atoms with Crippen LogP contribution in [0.2, 0.25) is 0 Å². The molecule has 0 radical (unpaired) electrons. The van der Waals surface area contributed by atoms with Crippen molar-refractivity contribution in [2.45, 2.75) is 26.2 Å². The minimum atomic E-state index is -0.745. The van der Waals surface area contributed by atoms with Gasteiger partial charge in [-0.1, -0.05) is 29.8 Å². The smallest absolute Gasteiger partial charge is 0.303 e. The normalized spacial score (nSPS) is 10.5. The number of nitrogens with zero attached hydrogens (tertiary/aromatic N) is 1. The molecule has 0 fully saturated rings. The molecule has 0 bridgehead atoms. The predicted octanol–water partition coefficient (Wildman–Crippen LogP) is 3.53. The summed E-state index contributed by atoms with van der Waals surface area (Å²) in [5.74, 6) is -0.745. The molecule has 0 aliphatic heterocycles. The first-order valence-electron chi connectivity index (χ1n) is 5.88. The molecule has 3 nitrogen and oxygen atoms in total. The van der Waals surface area contributed by atoms with E-state index >= 15 is 0 Å². The number of aliphatic carboxylic acids is 1. The Hall–Kier alpha value is -1.68. The second-order valence-electron chi connectivity index (χ2n) is 4.24. The summed E-state index contributed by atoms with van der Waals surface area (Å²) in [7, 11) is 0. The zero-order chi connectivity index (χ0) is 13.0. The van der Waals surface area contributed by atoms with E-state index in [1.165, 1.54) is 5.56 Å². The molecule has 1 heterocycles. The summed E-state index contributed by atoms with van der Waals surface area (Å²) in [6.45, 7) is 2.06. The van der Waals surface area contributed by atoms with Crippen molar-refractivity contribution in [1.82, 2.24) is 4.98 Å². The van der Waals surface area contributed by atoms with E-state index in [0.29, 0.717) is 6.42 Å². The molecule has 0 amide bonds. The monoisotopic (exact) mass is 261 g/mol. The summed E-state index contributed by atoms with van der Waals surface area (Å²) in [5.41, 5.74) is 3.32. The molecule has 94 valence electrons. The lowest BCUT2D eigenvalue weighted by molar-refractivity contribution is -0.137. The third-order valence-corrected chi connectivity index (χ3v) is 3.59. The first-order chi connectivity index (χ1) is 8.65. The number of hydrogen-bond acceptors (Lipinski definition) is 3. The van der Waals surface area contributed by atoms with Gasteiger partial charge in [0.1, 0.15) is 0 Å². The molecule has 0 atom stereocenters. The van der Waals surface area contributed by atoms with Crippen LogP contribution in [0.5, 0.6) is 0 Å². The molecule has 0 saturated carbocycles. The van der Waals surface area contributed by atoms with Gasteiger partial charge in [-0.05, 0) is 19.8 Å². The van der Waals surface area contributed by atoms with Crippen molar-refractivity contribution in [1.29, 1.82) is 0 Å². The quantitative estimate of drug-likeness (QED) is 0.895. The van der Waals surface area contributed by atoms with Crippen LogP contribution in [0.25, 0.3) is 11.3 Å². The fourth-order valence-corrected chi connectivity index (χ4v) is 2.52. The molecule has 0 aliphatic rings. The van der Waals surface area contributed by atoms with Crippen molar-refractivity contribution in [2.24, 2.45) is 0 Å². The van der Waals surface area contributed by atoms with E-state index in [1.54, 1.807) is 11.3 Å². The molecule has 0 saturated heterocycles. The van der Waals surface area contributed by atoms with Crippen LogP contribution in [0.1, 0.15) is 23.4 Å². The average Bonchev–Trinajstić information content (AvgIpc) is 2.78. The van der Waals surface area contributed by atoms with Crippen LogP contribution in [-0.2, 0) is 11.2 Å². The van der Waals surface area contributed by atoms with Crippen molar-refractivity contribution in [3.63, 3.8) is 0 Å². The van der Waals surface area contributed by atoms with Crippen molar-refractivity contribution in [3.8, 4) is 11.3 Å². The van der Waals surface area contributed by atoms with Crippen LogP contribution in [-0.4, -0.2) is 16.1 Å². The Balaban J connectivity index is 2.01. The molecule has 4 heteroatoms. The lowest BCUT2D eigenvalue weighted by Crippen LogP contribution is -1.95. The Morgan fingerprint density at radius 3 is 2.72 bits per heavy atom. The lowest BCUT2D eigenvalue weighted by atomic mass is 10.1. The van der Waals surface area contributed by atoms with Gasteiger partial charge in [0.05, 0.1) is 10.7 Å². The zero-order valence-corrected chi connectivity index (χ0v) is 11.0. The maximum absolute atomic E-state index is 10.4. The van der Waals surface area contributed by atoms with Gasteiger partial charge in [0.15, 0.2) is 0 Å². The lowest BCUT2D eigenvalue weighted by Gasteiger charge is -1.97. The van der Waals surface area contributed by atoms with Gasteiger partial charge in [-0.25, -0.2) is 4.98 Å². The summed E-state index contributed by atoms with van der Waals surface area (Å²) in [4.78, 5) is 15.0. The van der Waals surface area contributed by atoms with Crippen molar-refractivity contribution >= 4 is 17.3 Å². The molecule has 0 aliphatic carbocycles. The zero-order valence-electron chi connectivity index (χ0n) is 10.2. The van der Waals surface area contributed by atoms with Crippen LogP contribution >= 0.6 is 11.3 Å². The van der Waals surface area contributed by atoms with Crippen molar-refractivity contribution in [3.05, 3.63) is 40.2 Å². The molecule has 0 unspecified atom stereocenters. The minimum absolute atomic E-state index is 0.208. The summed E-state index contributed by atoms with van der Waals surface area (Å²) in [6.07, 6.45) is 1.60. The van der Waals surface area contributed by atoms with E-state index in [1.807, 2.05) is 5.38 Å². The second-order valence-corrected chi connectivity index (χ2v) is 5.18. The van der Waals surface area contributed by atoms with E-state index < -0.39 is 5.97 Å². The van der Waals surface area contributed by atoms with Crippen LogP contribution < -0.4 is 0 Å².